The van der Waals surface area contributed by atoms with Gasteiger partial charge in [0.1, 0.15) is 0 Å². The van der Waals surface area contributed by atoms with Crippen LogP contribution in [0.3, 0.4) is 0 Å². The second kappa shape index (κ2) is 4.46. The summed E-state index contributed by atoms with van der Waals surface area (Å²) in [6, 6.07) is 6.05. The van der Waals surface area contributed by atoms with E-state index in [1.165, 1.54) is 12.1 Å². The molecule has 2 rings (SSSR count). The van der Waals surface area contributed by atoms with E-state index in [0.717, 1.165) is 0 Å². The van der Waals surface area contributed by atoms with Crippen LogP contribution in [0.25, 0.3) is 11.5 Å². The Labute approximate surface area is 103 Å². The molecule has 1 aromatic carbocycles. The number of aromatic nitrogens is 2. The summed E-state index contributed by atoms with van der Waals surface area (Å²) < 4.78 is 27.7. The highest BCUT2D eigenvalue weighted by molar-refractivity contribution is 8.13. The lowest BCUT2D eigenvalue weighted by molar-refractivity contribution is 0.512. The fourth-order valence-electron chi connectivity index (χ4n) is 1.29. The molecule has 0 amide bonds. The van der Waals surface area contributed by atoms with E-state index in [2.05, 4.69) is 10.2 Å². The van der Waals surface area contributed by atoms with Gasteiger partial charge in [0.25, 0.3) is 9.05 Å². The molecule has 0 fully saturated rings. The summed E-state index contributed by atoms with van der Waals surface area (Å²) in [6.07, 6.45) is 0.625. The highest BCUT2D eigenvalue weighted by Crippen LogP contribution is 2.23. The van der Waals surface area contributed by atoms with E-state index in [1.54, 1.807) is 12.1 Å². The van der Waals surface area contributed by atoms with Crippen LogP contribution in [0, 0.1) is 0 Å². The zero-order valence-electron chi connectivity index (χ0n) is 8.92. The second-order valence-corrected chi connectivity index (χ2v) is 5.89. The normalized spacial score (nSPS) is 11.6. The van der Waals surface area contributed by atoms with Crippen molar-refractivity contribution < 1.29 is 12.8 Å². The topological polar surface area (TPSA) is 73.1 Å². The van der Waals surface area contributed by atoms with Gasteiger partial charge in [0.05, 0.1) is 4.90 Å². The number of aryl methyl sites for hydroxylation is 1. The monoisotopic (exact) mass is 272 g/mol. The van der Waals surface area contributed by atoms with Gasteiger partial charge in [0, 0.05) is 22.7 Å². The van der Waals surface area contributed by atoms with Crippen LogP contribution >= 0.6 is 10.7 Å². The summed E-state index contributed by atoms with van der Waals surface area (Å²) in [7, 11) is 1.51. The highest BCUT2D eigenvalue weighted by Gasteiger charge is 2.13. The van der Waals surface area contributed by atoms with Crippen molar-refractivity contribution in [2.24, 2.45) is 0 Å². The van der Waals surface area contributed by atoms with Crippen molar-refractivity contribution in [2.45, 2.75) is 18.2 Å². The van der Waals surface area contributed by atoms with Gasteiger partial charge in [0.2, 0.25) is 11.8 Å². The molecule has 5 nitrogen and oxygen atoms in total. The summed E-state index contributed by atoms with van der Waals surface area (Å²) >= 11 is 0. The third-order valence-electron chi connectivity index (χ3n) is 2.13. The molecule has 2 aromatic rings. The van der Waals surface area contributed by atoms with Crippen LogP contribution in [-0.2, 0) is 15.5 Å². The fourth-order valence-corrected chi connectivity index (χ4v) is 2.09. The second-order valence-electron chi connectivity index (χ2n) is 3.32. The van der Waals surface area contributed by atoms with Gasteiger partial charge in [-0.15, -0.1) is 10.2 Å². The summed E-state index contributed by atoms with van der Waals surface area (Å²) in [5.74, 6) is 0.781. The SMILES string of the molecule is CCc1nnc(-c2cccc(S(=O)(=O)Cl)c2)o1. The molecule has 0 spiro atoms. The standard InChI is InChI=1S/C10H9ClN2O3S/c1-2-9-12-13-10(16-9)7-4-3-5-8(6-7)17(11,14)15/h3-6H,2H2,1H3. The minimum absolute atomic E-state index is 0.00733. The Hall–Kier alpha value is -1.40. The molecular formula is C10H9ClN2O3S. The average molecular weight is 273 g/mol. The van der Waals surface area contributed by atoms with E-state index in [4.69, 9.17) is 15.1 Å². The van der Waals surface area contributed by atoms with Crippen LogP contribution in [-0.4, -0.2) is 18.6 Å². The van der Waals surface area contributed by atoms with Gasteiger partial charge in [-0.25, -0.2) is 8.42 Å². The van der Waals surface area contributed by atoms with Crippen molar-refractivity contribution in [1.82, 2.24) is 10.2 Å². The first-order chi connectivity index (χ1) is 8.00. The summed E-state index contributed by atoms with van der Waals surface area (Å²) in [5, 5.41) is 7.63. The van der Waals surface area contributed by atoms with E-state index in [0.29, 0.717) is 17.9 Å². The van der Waals surface area contributed by atoms with Crippen LogP contribution < -0.4 is 0 Å². The van der Waals surface area contributed by atoms with Gasteiger partial charge in [-0.1, -0.05) is 13.0 Å². The van der Waals surface area contributed by atoms with E-state index in [1.807, 2.05) is 6.92 Å². The molecule has 0 radical (unpaired) electrons. The average Bonchev–Trinajstić information content (AvgIpc) is 2.76. The van der Waals surface area contributed by atoms with Gasteiger partial charge in [-0.3, -0.25) is 0 Å². The van der Waals surface area contributed by atoms with Crippen molar-refractivity contribution in [3.05, 3.63) is 30.2 Å². The first-order valence-corrected chi connectivity index (χ1v) is 7.19. The molecule has 0 unspecified atom stereocenters. The Morgan fingerprint density at radius 2 is 2.12 bits per heavy atom. The molecule has 0 atom stereocenters. The highest BCUT2D eigenvalue weighted by atomic mass is 35.7. The van der Waals surface area contributed by atoms with Gasteiger partial charge < -0.3 is 4.42 Å². The Morgan fingerprint density at radius 3 is 2.71 bits per heavy atom. The lowest BCUT2D eigenvalue weighted by Crippen LogP contribution is -1.90. The van der Waals surface area contributed by atoms with Crippen LogP contribution in [0.1, 0.15) is 12.8 Å². The Morgan fingerprint density at radius 1 is 1.35 bits per heavy atom. The number of rotatable bonds is 3. The Bertz CT molecular complexity index is 637. The van der Waals surface area contributed by atoms with Gasteiger partial charge in [-0.05, 0) is 18.2 Å². The molecule has 17 heavy (non-hydrogen) atoms. The fraction of sp³-hybridized carbons (Fsp3) is 0.200. The molecule has 1 aromatic heterocycles. The smallest absolute Gasteiger partial charge is 0.261 e. The number of halogens is 1. The van der Waals surface area contributed by atoms with Crippen molar-refractivity contribution in [3.8, 4) is 11.5 Å². The third kappa shape index (κ3) is 2.65. The molecule has 0 aliphatic carbocycles. The predicted octanol–water partition coefficient (Wildman–Crippen LogP) is 2.23. The van der Waals surface area contributed by atoms with Crippen LogP contribution in [0.4, 0.5) is 0 Å². The van der Waals surface area contributed by atoms with Crippen molar-refractivity contribution in [1.29, 1.82) is 0 Å². The van der Waals surface area contributed by atoms with E-state index < -0.39 is 9.05 Å². The molecule has 0 aliphatic rings. The molecule has 0 bridgehead atoms. The van der Waals surface area contributed by atoms with Crippen LogP contribution in [0.2, 0.25) is 0 Å². The van der Waals surface area contributed by atoms with Crippen molar-refractivity contribution in [3.63, 3.8) is 0 Å². The van der Waals surface area contributed by atoms with Gasteiger partial charge in [-0.2, -0.15) is 0 Å². The number of hydrogen-bond donors (Lipinski definition) is 0. The summed E-state index contributed by atoms with van der Waals surface area (Å²) in [5.41, 5.74) is 0.527. The predicted molar refractivity (Wildman–Crippen MR) is 62.2 cm³/mol. The largest absolute Gasteiger partial charge is 0.421 e. The number of nitrogens with zero attached hydrogens (tertiary/aromatic N) is 2. The lowest BCUT2D eigenvalue weighted by Gasteiger charge is -1.98. The minimum atomic E-state index is -3.75. The molecular weight excluding hydrogens is 264 g/mol. The zero-order chi connectivity index (χ0) is 12.5. The first kappa shape index (κ1) is 12.1. The Kier molecular flexibility index (Phi) is 3.17. The molecule has 90 valence electrons. The van der Waals surface area contributed by atoms with E-state index >= 15 is 0 Å². The van der Waals surface area contributed by atoms with E-state index in [-0.39, 0.29) is 10.8 Å². The quantitative estimate of drug-likeness (QED) is 0.801. The maximum atomic E-state index is 11.2. The first-order valence-electron chi connectivity index (χ1n) is 4.88. The molecule has 0 aliphatic heterocycles. The molecule has 0 N–H and O–H groups in total. The summed E-state index contributed by atoms with van der Waals surface area (Å²) in [6.45, 7) is 1.89. The number of hydrogen-bond acceptors (Lipinski definition) is 5. The van der Waals surface area contributed by atoms with Crippen molar-refractivity contribution >= 4 is 19.7 Å². The number of benzene rings is 1. The van der Waals surface area contributed by atoms with E-state index in [9.17, 15) is 8.42 Å². The summed E-state index contributed by atoms with van der Waals surface area (Å²) in [4.78, 5) is 0.00733. The molecule has 1 heterocycles. The third-order valence-corrected chi connectivity index (χ3v) is 3.48. The van der Waals surface area contributed by atoms with Crippen LogP contribution in [0.5, 0.6) is 0 Å². The Balaban J connectivity index is 2.46. The lowest BCUT2D eigenvalue weighted by atomic mass is 10.2. The van der Waals surface area contributed by atoms with Crippen LogP contribution in [0.15, 0.2) is 33.6 Å². The molecule has 0 saturated heterocycles. The molecule has 0 saturated carbocycles. The van der Waals surface area contributed by atoms with Crippen molar-refractivity contribution in [2.75, 3.05) is 0 Å². The molecule has 7 heteroatoms. The van der Waals surface area contributed by atoms with Gasteiger partial charge in [0.15, 0.2) is 0 Å². The maximum absolute atomic E-state index is 11.2. The maximum Gasteiger partial charge on any atom is 0.261 e. The van der Waals surface area contributed by atoms with Gasteiger partial charge >= 0.3 is 0 Å². The zero-order valence-corrected chi connectivity index (χ0v) is 10.5. The minimum Gasteiger partial charge on any atom is -0.421 e.